The van der Waals surface area contributed by atoms with E-state index in [-0.39, 0.29) is 24.4 Å². The van der Waals surface area contributed by atoms with Gasteiger partial charge in [0.15, 0.2) is 0 Å². The average Bonchev–Trinajstić information content (AvgIpc) is 3.00. The van der Waals surface area contributed by atoms with Crippen LogP contribution >= 0.6 is 0 Å². The van der Waals surface area contributed by atoms with Crippen molar-refractivity contribution >= 4 is 17.4 Å². The molecule has 6 heteroatoms. The molecule has 1 fully saturated rings. The number of nitrogens with zero attached hydrogens (tertiary/aromatic N) is 4. The fourth-order valence-electron chi connectivity index (χ4n) is 4.13. The molecule has 4 rings (SSSR count). The topological polar surface area (TPSA) is 56.8 Å². The maximum Gasteiger partial charge on any atom is 0.278 e. The molecule has 0 bridgehead atoms. The molecule has 3 heterocycles. The van der Waals surface area contributed by atoms with Gasteiger partial charge >= 0.3 is 0 Å². The summed E-state index contributed by atoms with van der Waals surface area (Å²) >= 11 is 0. The Kier molecular flexibility index (Phi) is 5.45. The molecule has 0 radical (unpaired) electrons. The Labute approximate surface area is 171 Å². The first-order valence-electron chi connectivity index (χ1n) is 10.0. The molecule has 0 atom stereocenters. The number of likely N-dealkylation sites (N-methyl/N-ethyl adjacent to an activating group) is 1. The highest BCUT2D eigenvalue weighted by molar-refractivity contribution is 6.35. The van der Waals surface area contributed by atoms with Gasteiger partial charge in [-0.1, -0.05) is 30.3 Å². The van der Waals surface area contributed by atoms with E-state index in [2.05, 4.69) is 16.9 Å². The van der Waals surface area contributed by atoms with Gasteiger partial charge in [-0.05, 0) is 56.2 Å². The Hall–Kier alpha value is -2.99. The first kappa shape index (κ1) is 19.3. The lowest BCUT2D eigenvalue weighted by molar-refractivity contribution is -0.138. The fraction of sp³-hybridized carbons (Fsp3) is 0.348. The number of carbonyl (C=O) groups excluding carboxylic acids is 2. The Morgan fingerprint density at radius 1 is 1.00 bits per heavy atom. The minimum atomic E-state index is -0.229. The number of amides is 2. The highest BCUT2D eigenvalue weighted by Gasteiger charge is 2.42. The third kappa shape index (κ3) is 3.80. The van der Waals surface area contributed by atoms with Crippen LogP contribution in [0.4, 0.5) is 0 Å². The SMILES string of the molecule is CN1CCC(N(C)C2=C(c3ccccc3)C(=O)N(Cc3ccncc3)C2=O)CC1. The average molecular weight is 390 g/mol. The van der Waals surface area contributed by atoms with E-state index >= 15 is 0 Å². The van der Waals surface area contributed by atoms with Crippen molar-refractivity contribution in [3.05, 3.63) is 71.7 Å². The number of carbonyl (C=O) groups is 2. The predicted molar refractivity (Wildman–Crippen MR) is 111 cm³/mol. The van der Waals surface area contributed by atoms with Crippen LogP contribution in [0.1, 0.15) is 24.0 Å². The maximum atomic E-state index is 13.4. The Morgan fingerprint density at radius 3 is 2.31 bits per heavy atom. The molecule has 2 amide bonds. The summed E-state index contributed by atoms with van der Waals surface area (Å²) in [4.78, 5) is 36.5. The van der Waals surface area contributed by atoms with Crippen LogP contribution in [0, 0.1) is 0 Å². The fourth-order valence-corrected chi connectivity index (χ4v) is 4.13. The molecule has 150 valence electrons. The molecule has 1 saturated heterocycles. The number of pyridine rings is 1. The number of aromatic nitrogens is 1. The first-order valence-corrected chi connectivity index (χ1v) is 10.0. The summed E-state index contributed by atoms with van der Waals surface area (Å²) in [5.41, 5.74) is 2.70. The quantitative estimate of drug-likeness (QED) is 0.734. The van der Waals surface area contributed by atoms with Crippen LogP contribution in [-0.4, -0.2) is 64.7 Å². The first-order chi connectivity index (χ1) is 14.1. The van der Waals surface area contributed by atoms with Crippen molar-refractivity contribution in [3.63, 3.8) is 0 Å². The van der Waals surface area contributed by atoms with Gasteiger partial charge in [-0.3, -0.25) is 19.5 Å². The number of piperidine rings is 1. The zero-order valence-electron chi connectivity index (χ0n) is 16.9. The van der Waals surface area contributed by atoms with Crippen LogP contribution in [0.3, 0.4) is 0 Å². The van der Waals surface area contributed by atoms with Crippen molar-refractivity contribution in [3.8, 4) is 0 Å². The molecule has 0 aliphatic carbocycles. The molecule has 2 aromatic rings. The Morgan fingerprint density at radius 2 is 1.66 bits per heavy atom. The van der Waals surface area contributed by atoms with E-state index in [1.807, 2.05) is 54.4 Å². The van der Waals surface area contributed by atoms with Gasteiger partial charge in [0.25, 0.3) is 11.8 Å². The molecule has 6 nitrogen and oxygen atoms in total. The Balaban J connectivity index is 1.70. The lowest BCUT2D eigenvalue weighted by Gasteiger charge is -2.36. The van der Waals surface area contributed by atoms with Crippen molar-refractivity contribution in [1.82, 2.24) is 19.7 Å². The van der Waals surface area contributed by atoms with Gasteiger partial charge in [-0.25, -0.2) is 0 Å². The van der Waals surface area contributed by atoms with E-state index in [1.54, 1.807) is 12.4 Å². The third-order valence-corrected chi connectivity index (χ3v) is 5.88. The van der Waals surface area contributed by atoms with Crippen LogP contribution in [0.25, 0.3) is 5.57 Å². The molecule has 0 unspecified atom stereocenters. The minimum Gasteiger partial charge on any atom is -0.366 e. The van der Waals surface area contributed by atoms with Gasteiger partial charge in [-0.2, -0.15) is 0 Å². The predicted octanol–water partition coefficient (Wildman–Crippen LogP) is 2.39. The number of likely N-dealkylation sites (tertiary alicyclic amines) is 1. The zero-order valence-corrected chi connectivity index (χ0v) is 16.9. The van der Waals surface area contributed by atoms with Gasteiger partial charge in [0.1, 0.15) is 5.70 Å². The normalized spacial score (nSPS) is 18.6. The van der Waals surface area contributed by atoms with Crippen LogP contribution in [-0.2, 0) is 16.1 Å². The number of rotatable bonds is 5. The highest BCUT2D eigenvalue weighted by Crippen LogP contribution is 2.34. The summed E-state index contributed by atoms with van der Waals surface area (Å²) in [6.07, 6.45) is 5.31. The van der Waals surface area contributed by atoms with Crippen molar-refractivity contribution in [2.45, 2.75) is 25.4 Å². The molecule has 0 spiro atoms. The zero-order chi connectivity index (χ0) is 20.4. The molecule has 29 heavy (non-hydrogen) atoms. The molecule has 1 aromatic carbocycles. The monoisotopic (exact) mass is 390 g/mol. The second-order valence-electron chi connectivity index (χ2n) is 7.79. The van der Waals surface area contributed by atoms with Gasteiger partial charge in [-0.15, -0.1) is 0 Å². The maximum absolute atomic E-state index is 13.4. The number of benzene rings is 1. The summed E-state index contributed by atoms with van der Waals surface area (Å²) in [5.74, 6) is -0.445. The van der Waals surface area contributed by atoms with Crippen LogP contribution in [0.5, 0.6) is 0 Å². The van der Waals surface area contributed by atoms with Gasteiger partial charge < -0.3 is 9.80 Å². The van der Waals surface area contributed by atoms with E-state index < -0.39 is 0 Å². The molecule has 2 aliphatic rings. The number of imide groups is 1. The van der Waals surface area contributed by atoms with Crippen molar-refractivity contribution < 1.29 is 9.59 Å². The van der Waals surface area contributed by atoms with Crippen LogP contribution < -0.4 is 0 Å². The van der Waals surface area contributed by atoms with E-state index in [0.717, 1.165) is 37.1 Å². The summed E-state index contributed by atoms with van der Waals surface area (Å²) in [6, 6.07) is 13.4. The molecule has 1 aromatic heterocycles. The van der Waals surface area contributed by atoms with Gasteiger partial charge in [0, 0.05) is 25.5 Å². The van der Waals surface area contributed by atoms with Gasteiger partial charge in [0.05, 0.1) is 12.1 Å². The highest BCUT2D eigenvalue weighted by atomic mass is 16.2. The number of hydrogen-bond acceptors (Lipinski definition) is 5. The third-order valence-electron chi connectivity index (χ3n) is 5.88. The molecule has 0 saturated carbocycles. The lowest BCUT2D eigenvalue weighted by atomic mass is 10.0. The molecular weight excluding hydrogens is 364 g/mol. The molecule has 0 N–H and O–H groups in total. The van der Waals surface area contributed by atoms with Crippen molar-refractivity contribution in [2.24, 2.45) is 0 Å². The smallest absolute Gasteiger partial charge is 0.278 e. The van der Waals surface area contributed by atoms with E-state index in [1.165, 1.54) is 4.90 Å². The molecule has 2 aliphatic heterocycles. The minimum absolute atomic E-state index is 0.216. The summed E-state index contributed by atoms with van der Waals surface area (Å²) < 4.78 is 0. The second kappa shape index (κ2) is 8.17. The van der Waals surface area contributed by atoms with Crippen molar-refractivity contribution in [2.75, 3.05) is 27.2 Å². The lowest BCUT2D eigenvalue weighted by Crippen LogP contribution is -2.43. The summed E-state index contributed by atoms with van der Waals surface area (Å²) in [6.45, 7) is 2.24. The second-order valence-corrected chi connectivity index (χ2v) is 7.79. The van der Waals surface area contributed by atoms with Crippen molar-refractivity contribution in [1.29, 1.82) is 0 Å². The van der Waals surface area contributed by atoms with Crippen LogP contribution in [0.15, 0.2) is 60.6 Å². The summed E-state index contributed by atoms with van der Waals surface area (Å²) in [7, 11) is 4.07. The van der Waals surface area contributed by atoms with Crippen LogP contribution in [0.2, 0.25) is 0 Å². The van der Waals surface area contributed by atoms with E-state index in [4.69, 9.17) is 0 Å². The standard InChI is InChI=1S/C23H26N4O2/c1-25-14-10-19(11-15-25)26(2)21-20(18-6-4-3-5-7-18)22(28)27(23(21)29)16-17-8-12-24-13-9-17/h3-9,12-13,19H,10-11,14-16H2,1-2H3. The largest absolute Gasteiger partial charge is 0.366 e. The Bertz CT molecular complexity index is 918. The van der Waals surface area contributed by atoms with E-state index in [0.29, 0.717) is 11.3 Å². The number of hydrogen-bond donors (Lipinski definition) is 0. The van der Waals surface area contributed by atoms with E-state index in [9.17, 15) is 9.59 Å². The van der Waals surface area contributed by atoms with Gasteiger partial charge in [0.2, 0.25) is 0 Å². The summed E-state index contributed by atoms with van der Waals surface area (Å²) in [5, 5.41) is 0. The molecular formula is C23H26N4O2.